The number of hydrogen-bond acceptors (Lipinski definition) is 4. The van der Waals surface area contributed by atoms with E-state index in [2.05, 4.69) is 38.0 Å². The van der Waals surface area contributed by atoms with Crippen molar-refractivity contribution in [1.29, 1.82) is 0 Å². The smallest absolute Gasteiger partial charge is 0.225 e. The second-order valence-electron chi connectivity index (χ2n) is 4.81. The summed E-state index contributed by atoms with van der Waals surface area (Å²) in [4.78, 5) is 12.0. The molecule has 0 radical (unpaired) electrons. The minimum Gasteiger partial charge on any atom is -0.326 e. The predicted octanol–water partition coefficient (Wildman–Crippen LogP) is 3.91. The van der Waals surface area contributed by atoms with Gasteiger partial charge in [-0.15, -0.1) is 16.8 Å². The highest BCUT2D eigenvalue weighted by atomic mass is 79.9. The zero-order chi connectivity index (χ0) is 16.7. The van der Waals surface area contributed by atoms with Gasteiger partial charge in [0.2, 0.25) is 5.91 Å². The highest BCUT2D eigenvalue weighted by molar-refractivity contribution is 9.10. The summed E-state index contributed by atoms with van der Waals surface area (Å²) in [6, 6.07) is 7.52. The molecule has 1 aromatic carbocycles. The van der Waals surface area contributed by atoms with Crippen LogP contribution in [-0.4, -0.2) is 26.4 Å². The molecule has 1 N–H and O–H groups in total. The lowest BCUT2D eigenvalue weighted by Crippen LogP contribution is -2.12. The van der Waals surface area contributed by atoms with Gasteiger partial charge in [0.15, 0.2) is 5.16 Å². The number of nitrogens with one attached hydrogen (secondary N) is 1. The summed E-state index contributed by atoms with van der Waals surface area (Å²) in [7, 11) is 0. The molecule has 0 saturated heterocycles. The van der Waals surface area contributed by atoms with Crippen LogP contribution in [-0.2, 0) is 17.8 Å². The summed E-state index contributed by atoms with van der Waals surface area (Å²) in [6.07, 6.45) is 3.07. The molecule has 23 heavy (non-hydrogen) atoms. The third kappa shape index (κ3) is 5.21. The molecule has 1 heterocycles. The van der Waals surface area contributed by atoms with Crippen LogP contribution in [0.3, 0.4) is 0 Å². The van der Waals surface area contributed by atoms with Crippen molar-refractivity contribution >= 4 is 39.3 Å². The van der Waals surface area contributed by atoms with Gasteiger partial charge in [0.1, 0.15) is 5.82 Å². The highest BCUT2D eigenvalue weighted by Gasteiger charge is 2.11. The minimum absolute atomic E-state index is 0.00896. The van der Waals surface area contributed by atoms with E-state index >= 15 is 0 Å². The first-order chi connectivity index (χ1) is 11.1. The summed E-state index contributed by atoms with van der Waals surface area (Å²) in [6.45, 7) is 6.49. The van der Waals surface area contributed by atoms with Crippen molar-refractivity contribution in [2.45, 2.75) is 31.5 Å². The van der Waals surface area contributed by atoms with Gasteiger partial charge in [-0.3, -0.25) is 4.79 Å². The Balaban J connectivity index is 1.84. The summed E-state index contributed by atoms with van der Waals surface area (Å²) in [5.41, 5.74) is 0.797. The van der Waals surface area contributed by atoms with E-state index in [9.17, 15) is 4.79 Å². The maximum atomic E-state index is 12.0. The molecule has 122 valence electrons. The van der Waals surface area contributed by atoms with E-state index in [1.165, 1.54) is 11.8 Å². The molecule has 0 aliphatic carbocycles. The number of carbonyl (C=O) groups is 1. The van der Waals surface area contributed by atoms with Gasteiger partial charge in [0, 0.05) is 35.3 Å². The van der Waals surface area contributed by atoms with Gasteiger partial charge in [-0.1, -0.05) is 40.7 Å². The Morgan fingerprint density at radius 1 is 1.39 bits per heavy atom. The van der Waals surface area contributed by atoms with Crippen molar-refractivity contribution < 1.29 is 4.79 Å². The number of thioether (sulfide) groups is 1. The lowest BCUT2D eigenvalue weighted by Gasteiger charge is -2.07. The van der Waals surface area contributed by atoms with Crippen molar-refractivity contribution in [2.75, 3.05) is 11.1 Å². The molecule has 7 heteroatoms. The molecule has 0 spiro atoms. The molecule has 2 aromatic rings. The molecule has 0 unspecified atom stereocenters. The van der Waals surface area contributed by atoms with Crippen molar-refractivity contribution in [3.05, 3.63) is 47.2 Å². The first kappa shape index (κ1) is 17.7. The molecular weight excluding hydrogens is 376 g/mol. The van der Waals surface area contributed by atoms with E-state index in [0.29, 0.717) is 18.7 Å². The summed E-state index contributed by atoms with van der Waals surface area (Å²) < 4.78 is 3.02. The maximum absolute atomic E-state index is 12.0. The fourth-order valence-corrected chi connectivity index (χ4v) is 3.16. The van der Waals surface area contributed by atoms with Crippen molar-refractivity contribution in [3.8, 4) is 0 Å². The molecule has 0 fully saturated rings. The van der Waals surface area contributed by atoms with Gasteiger partial charge < -0.3 is 9.88 Å². The topological polar surface area (TPSA) is 59.8 Å². The van der Waals surface area contributed by atoms with E-state index in [-0.39, 0.29) is 5.91 Å². The van der Waals surface area contributed by atoms with Crippen LogP contribution in [0.15, 0.2) is 46.5 Å². The standard InChI is InChI=1S/C16H19BrN4OS/c1-3-10-21-14(4-2)19-20-16(21)23-11-9-15(22)18-13-7-5-12(17)6-8-13/h3,5-8H,1,4,9-11H2,2H3,(H,18,22). The zero-order valence-corrected chi connectivity index (χ0v) is 15.4. The SMILES string of the molecule is C=CCn1c(CC)nnc1SCCC(=O)Nc1ccc(Br)cc1. The molecule has 5 nitrogen and oxygen atoms in total. The quantitative estimate of drug-likeness (QED) is 0.544. The number of benzene rings is 1. The van der Waals surface area contributed by atoms with Crippen LogP contribution in [0.25, 0.3) is 0 Å². The third-order valence-electron chi connectivity index (χ3n) is 3.11. The van der Waals surface area contributed by atoms with Crippen LogP contribution >= 0.6 is 27.7 Å². The molecule has 0 atom stereocenters. The average molecular weight is 395 g/mol. The van der Waals surface area contributed by atoms with Crippen LogP contribution in [0.2, 0.25) is 0 Å². The summed E-state index contributed by atoms with van der Waals surface area (Å²) in [5.74, 6) is 1.58. The van der Waals surface area contributed by atoms with E-state index in [0.717, 1.165) is 27.6 Å². The van der Waals surface area contributed by atoms with E-state index in [1.807, 2.05) is 41.8 Å². The fraction of sp³-hybridized carbons (Fsp3) is 0.312. The Kier molecular flexibility index (Phi) is 6.85. The molecule has 1 amide bonds. The Hall–Kier alpha value is -1.60. The summed E-state index contributed by atoms with van der Waals surface area (Å²) in [5, 5.41) is 12.1. The second-order valence-corrected chi connectivity index (χ2v) is 6.78. The maximum Gasteiger partial charge on any atom is 0.225 e. The van der Waals surface area contributed by atoms with Crippen LogP contribution in [0.1, 0.15) is 19.2 Å². The highest BCUT2D eigenvalue weighted by Crippen LogP contribution is 2.19. The number of amides is 1. The van der Waals surface area contributed by atoms with Gasteiger partial charge in [-0.05, 0) is 24.3 Å². The van der Waals surface area contributed by atoms with Gasteiger partial charge in [0.05, 0.1) is 0 Å². The fourth-order valence-electron chi connectivity index (χ4n) is 1.99. The first-order valence-corrected chi connectivity index (χ1v) is 9.13. The second kappa shape index (κ2) is 8.88. The zero-order valence-electron chi connectivity index (χ0n) is 13.0. The monoisotopic (exact) mass is 394 g/mol. The number of rotatable bonds is 8. The van der Waals surface area contributed by atoms with E-state index < -0.39 is 0 Å². The number of carbonyl (C=O) groups excluding carboxylic acids is 1. The Morgan fingerprint density at radius 2 is 2.13 bits per heavy atom. The van der Waals surface area contributed by atoms with Gasteiger partial charge in [-0.2, -0.15) is 0 Å². The average Bonchev–Trinajstić information content (AvgIpc) is 2.92. The Morgan fingerprint density at radius 3 is 2.78 bits per heavy atom. The largest absolute Gasteiger partial charge is 0.326 e. The van der Waals surface area contributed by atoms with Gasteiger partial charge in [-0.25, -0.2) is 0 Å². The van der Waals surface area contributed by atoms with E-state index in [1.54, 1.807) is 0 Å². The normalized spacial score (nSPS) is 10.5. The predicted molar refractivity (Wildman–Crippen MR) is 97.7 cm³/mol. The number of aryl methyl sites for hydroxylation is 1. The van der Waals surface area contributed by atoms with Crippen LogP contribution in [0.5, 0.6) is 0 Å². The van der Waals surface area contributed by atoms with Gasteiger partial charge >= 0.3 is 0 Å². The number of nitrogens with zero attached hydrogens (tertiary/aromatic N) is 3. The molecular formula is C16H19BrN4OS. The van der Waals surface area contributed by atoms with Crippen molar-refractivity contribution in [2.24, 2.45) is 0 Å². The lowest BCUT2D eigenvalue weighted by atomic mass is 10.3. The van der Waals surface area contributed by atoms with Gasteiger partial charge in [0.25, 0.3) is 0 Å². The molecule has 1 aromatic heterocycles. The molecule has 2 rings (SSSR count). The number of aromatic nitrogens is 3. The third-order valence-corrected chi connectivity index (χ3v) is 4.61. The van der Waals surface area contributed by atoms with Crippen LogP contribution in [0.4, 0.5) is 5.69 Å². The number of hydrogen-bond donors (Lipinski definition) is 1. The minimum atomic E-state index is -0.00896. The van der Waals surface area contributed by atoms with Crippen LogP contribution in [0, 0.1) is 0 Å². The Labute approximate surface area is 148 Å². The first-order valence-electron chi connectivity index (χ1n) is 7.35. The van der Waals surface area contributed by atoms with Crippen molar-refractivity contribution in [1.82, 2.24) is 14.8 Å². The summed E-state index contributed by atoms with van der Waals surface area (Å²) >= 11 is 4.91. The van der Waals surface area contributed by atoms with Crippen molar-refractivity contribution in [3.63, 3.8) is 0 Å². The molecule has 0 aliphatic heterocycles. The molecule has 0 bridgehead atoms. The van der Waals surface area contributed by atoms with Crippen LogP contribution < -0.4 is 5.32 Å². The van der Waals surface area contributed by atoms with E-state index in [4.69, 9.17) is 0 Å². The number of halogens is 1. The molecule has 0 saturated carbocycles. The number of anilines is 1. The lowest BCUT2D eigenvalue weighted by molar-refractivity contribution is -0.115. The Bertz CT molecular complexity index is 669. The molecule has 0 aliphatic rings. The number of allylic oxidation sites excluding steroid dienone is 1.